The maximum Gasteiger partial charge on any atom is 0.387 e. The SMILES string of the molecule is CC(C)=CC(=O)OCC(=O)N[C@@H](c1ccccc1)c1ccc(OC(F)F)cc1. The highest BCUT2D eigenvalue weighted by Crippen LogP contribution is 2.24. The van der Waals surface area contributed by atoms with E-state index in [1.807, 2.05) is 30.3 Å². The van der Waals surface area contributed by atoms with E-state index < -0.39 is 31.1 Å². The number of allylic oxidation sites excluding steroid dienone is 1. The lowest BCUT2D eigenvalue weighted by molar-refractivity contribution is -0.144. The van der Waals surface area contributed by atoms with Gasteiger partial charge in [-0.2, -0.15) is 8.78 Å². The number of rotatable bonds is 8. The van der Waals surface area contributed by atoms with Gasteiger partial charge >= 0.3 is 12.6 Å². The van der Waals surface area contributed by atoms with E-state index in [-0.39, 0.29) is 5.75 Å². The lowest BCUT2D eigenvalue weighted by Crippen LogP contribution is -2.33. The summed E-state index contributed by atoms with van der Waals surface area (Å²) in [4.78, 5) is 23.8. The molecule has 0 radical (unpaired) electrons. The van der Waals surface area contributed by atoms with Crippen molar-refractivity contribution in [3.8, 4) is 5.75 Å². The fourth-order valence-corrected chi connectivity index (χ4v) is 2.46. The number of benzene rings is 2. The lowest BCUT2D eigenvalue weighted by Gasteiger charge is -2.20. The molecule has 0 aliphatic rings. The number of hydrogen-bond acceptors (Lipinski definition) is 4. The number of hydrogen-bond donors (Lipinski definition) is 1. The van der Waals surface area contributed by atoms with Crippen LogP contribution in [0.4, 0.5) is 8.78 Å². The third kappa shape index (κ3) is 6.83. The van der Waals surface area contributed by atoms with Crippen LogP contribution in [0, 0.1) is 0 Å². The molecule has 5 nitrogen and oxygen atoms in total. The van der Waals surface area contributed by atoms with Gasteiger partial charge in [-0.3, -0.25) is 4.79 Å². The van der Waals surface area contributed by atoms with E-state index >= 15 is 0 Å². The minimum atomic E-state index is -2.91. The number of nitrogens with one attached hydrogen (secondary N) is 1. The number of carbonyl (C=O) groups excluding carboxylic acids is 2. The second kappa shape index (κ2) is 10.2. The number of halogens is 2. The highest BCUT2D eigenvalue weighted by molar-refractivity contribution is 5.86. The molecule has 0 spiro atoms. The van der Waals surface area contributed by atoms with E-state index in [4.69, 9.17) is 4.74 Å². The Kier molecular flexibility index (Phi) is 7.68. The number of carbonyl (C=O) groups is 2. The van der Waals surface area contributed by atoms with Gasteiger partial charge in [0.2, 0.25) is 0 Å². The molecule has 1 atom stereocenters. The molecule has 0 saturated carbocycles. The summed E-state index contributed by atoms with van der Waals surface area (Å²) in [5, 5.41) is 2.79. The molecule has 0 fully saturated rings. The minimum absolute atomic E-state index is 0.0209. The fourth-order valence-electron chi connectivity index (χ4n) is 2.46. The van der Waals surface area contributed by atoms with Crippen LogP contribution in [-0.4, -0.2) is 25.1 Å². The van der Waals surface area contributed by atoms with E-state index in [9.17, 15) is 18.4 Å². The smallest absolute Gasteiger partial charge is 0.387 e. The molecule has 0 saturated heterocycles. The summed E-state index contributed by atoms with van der Waals surface area (Å²) in [6.45, 7) is 0.145. The van der Waals surface area contributed by atoms with Gasteiger partial charge in [0.15, 0.2) is 6.61 Å². The molecule has 2 aromatic rings. The molecule has 0 aromatic heterocycles. The van der Waals surface area contributed by atoms with Gasteiger partial charge in [-0.05, 0) is 37.1 Å². The monoisotopic (exact) mass is 389 g/mol. The highest BCUT2D eigenvalue weighted by atomic mass is 19.3. The molecular formula is C21H21F2NO4. The average Bonchev–Trinajstić information content (AvgIpc) is 2.65. The predicted octanol–water partition coefficient (Wildman–Crippen LogP) is 4.00. The van der Waals surface area contributed by atoms with Crippen molar-refractivity contribution in [2.24, 2.45) is 0 Å². The summed E-state index contributed by atoms with van der Waals surface area (Å²) in [6, 6.07) is 14.6. The number of esters is 1. The van der Waals surface area contributed by atoms with Crippen LogP contribution >= 0.6 is 0 Å². The zero-order chi connectivity index (χ0) is 20.5. The Morgan fingerprint density at radius 2 is 1.61 bits per heavy atom. The molecule has 2 aromatic carbocycles. The van der Waals surface area contributed by atoms with Gasteiger partial charge in [-0.15, -0.1) is 0 Å². The molecule has 0 bridgehead atoms. The normalized spacial score (nSPS) is 11.5. The largest absolute Gasteiger partial charge is 0.452 e. The van der Waals surface area contributed by atoms with Crippen molar-refractivity contribution in [3.05, 3.63) is 77.4 Å². The second-order valence-corrected chi connectivity index (χ2v) is 6.19. The molecule has 28 heavy (non-hydrogen) atoms. The summed E-state index contributed by atoms with van der Waals surface area (Å²) < 4.78 is 33.9. The zero-order valence-electron chi connectivity index (χ0n) is 15.5. The van der Waals surface area contributed by atoms with Crippen LogP contribution in [0.15, 0.2) is 66.2 Å². The Bertz CT molecular complexity index is 816. The van der Waals surface area contributed by atoms with E-state index in [2.05, 4.69) is 10.1 Å². The van der Waals surface area contributed by atoms with Gasteiger partial charge in [0.05, 0.1) is 6.04 Å². The molecule has 0 aliphatic carbocycles. The Hall–Kier alpha value is -3.22. The molecule has 0 aliphatic heterocycles. The molecule has 2 rings (SSSR count). The Morgan fingerprint density at radius 1 is 1.00 bits per heavy atom. The van der Waals surface area contributed by atoms with Crippen LogP contribution in [0.2, 0.25) is 0 Å². The minimum Gasteiger partial charge on any atom is -0.452 e. The molecule has 0 unspecified atom stereocenters. The van der Waals surface area contributed by atoms with Crippen LogP contribution in [0.5, 0.6) is 5.75 Å². The third-order valence-electron chi connectivity index (χ3n) is 3.63. The van der Waals surface area contributed by atoms with Crippen molar-refractivity contribution in [1.82, 2.24) is 5.32 Å². The number of amides is 1. The van der Waals surface area contributed by atoms with Crippen LogP contribution in [0.3, 0.4) is 0 Å². The first-order valence-corrected chi connectivity index (χ1v) is 8.56. The van der Waals surface area contributed by atoms with Gasteiger partial charge < -0.3 is 14.8 Å². The topological polar surface area (TPSA) is 64.6 Å². The summed E-state index contributed by atoms with van der Waals surface area (Å²) in [5.74, 6) is -1.07. The summed E-state index contributed by atoms with van der Waals surface area (Å²) >= 11 is 0. The maximum atomic E-state index is 12.3. The second-order valence-electron chi connectivity index (χ2n) is 6.19. The Labute approximate surface area is 162 Å². The zero-order valence-corrected chi connectivity index (χ0v) is 15.5. The van der Waals surface area contributed by atoms with E-state index in [1.54, 1.807) is 26.0 Å². The lowest BCUT2D eigenvalue weighted by atomic mass is 9.98. The first kappa shape index (κ1) is 21.1. The number of ether oxygens (including phenoxy) is 2. The van der Waals surface area contributed by atoms with Crippen molar-refractivity contribution >= 4 is 11.9 Å². The first-order chi connectivity index (χ1) is 13.3. The summed E-state index contributed by atoms with van der Waals surface area (Å²) in [7, 11) is 0. The molecular weight excluding hydrogens is 368 g/mol. The average molecular weight is 389 g/mol. The van der Waals surface area contributed by atoms with E-state index in [0.29, 0.717) is 5.56 Å². The fraction of sp³-hybridized carbons (Fsp3) is 0.238. The van der Waals surface area contributed by atoms with Crippen LogP contribution in [0.1, 0.15) is 31.0 Å². The van der Waals surface area contributed by atoms with Gasteiger partial charge in [-0.25, -0.2) is 4.79 Å². The van der Waals surface area contributed by atoms with Gasteiger partial charge in [0.25, 0.3) is 5.91 Å². The third-order valence-corrected chi connectivity index (χ3v) is 3.63. The van der Waals surface area contributed by atoms with Crippen LogP contribution in [-0.2, 0) is 14.3 Å². The molecule has 1 N–H and O–H groups in total. The van der Waals surface area contributed by atoms with Crippen molar-refractivity contribution in [1.29, 1.82) is 0 Å². The number of alkyl halides is 2. The Balaban J connectivity index is 2.13. The van der Waals surface area contributed by atoms with Crippen molar-refractivity contribution in [3.63, 3.8) is 0 Å². The highest BCUT2D eigenvalue weighted by Gasteiger charge is 2.18. The predicted molar refractivity (Wildman–Crippen MR) is 99.9 cm³/mol. The van der Waals surface area contributed by atoms with Gasteiger partial charge in [0, 0.05) is 6.08 Å². The van der Waals surface area contributed by atoms with E-state index in [1.165, 1.54) is 18.2 Å². The first-order valence-electron chi connectivity index (χ1n) is 8.56. The Morgan fingerprint density at radius 3 is 2.18 bits per heavy atom. The summed E-state index contributed by atoms with van der Waals surface area (Å²) in [5.41, 5.74) is 2.21. The van der Waals surface area contributed by atoms with Crippen LogP contribution in [0.25, 0.3) is 0 Å². The summed E-state index contributed by atoms with van der Waals surface area (Å²) in [6.07, 6.45) is 1.30. The molecule has 0 heterocycles. The molecule has 148 valence electrons. The maximum absolute atomic E-state index is 12.3. The molecule has 7 heteroatoms. The van der Waals surface area contributed by atoms with Crippen molar-refractivity contribution < 1.29 is 27.8 Å². The molecule has 1 amide bonds. The van der Waals surface area contributed by atoms with Crippen LogP contribution < -0.4 is 10.1 Å². The van der Waals surface area contributed by atoms with Gasteiger partial charge in [-0.1, -0.05) is 48.0 Å². The quantitative estimate of drug-likeness (QED) is 0.547. The van der Waals surface area contributed by atoms with Gasteiger partial charge in [0.1, 0.15) is 5.75 Å². The van der Waals surface area contributed by atoms with E-state index in [0.717, 1.165) is 11.1 Å². The van der Waals surface area contributed by atoms with Crippen molar-refractivity contribution in [2.45, 2.75) is 26.5 Å². The standard InChI is InChI=1S/C21H21F2NO4/c1-14(2)12-19(26)27-13-18(25)24-20(15-6-4-3-5-7-15)16-8-10-17(11-9-16)28-21(22)23/h3-12,20-21H,13H2,1-2H3,(H,24,25)/t20-/m0/s1. The van der Waals surface area contributed by atoms with Crippen molar-refractivity contribution in [2.75, 3.05) is 6.61 Å².